The van der Waals surface area contributed by atoms with Gasteiger partial charge in [-0.15, -0.1) is 0 Å². The number of H-pyrrole nitrogens is 1. The Morgan fingerprint density at radius 3 is 2.50 bits per heavy atom. The molecule has 0 saturated heterocycles. The summed E-state index contributed by atoms with van der Waals surface area (Å²) in [6.07, 6.45) is 1.77. The van der Waals surface area contributed by atoms with Crippen molar-refractivity contribution in [1.29, 1.82) is 0 Å². The van der Waals surface area contributed by atoms with Crippen molar-refractivity contribution in [2.24, 2.45) is 0 Å². The van der Waals surface area contributed by atoms with Crippen molar-refractivity contribution >= 4 is 16.9 Å². The SMILES string of the molecule is O=C(O)c1ccc(-c2ccccc2)c2[nH]ccc12. The molecule has 0 unspecified atom stereocenters. The van der Waals surface area contributed by atoms with Gasteiger partial charge in [0, 0.05) is 17.1 Å². The topological polar surface area (TPSA) is 53.1 Å². The quantitative estimate of drug-likeness (QED) is 0.716. The van der Waals surface area contributed by atoms with E-state index in [1.165, 1.54) is 0 Å². The van der Waals surface area contributed by atoms with E-state index in [9.17, 15) is 4.79 Å². The second-order valence-corrected chi connectivity index (χ2v) is 4.10. The lowest BCUT2D eigenvalue weighted by Crippen LogP contribution is -1.97. The number of hydrogen-bond donors (Lipinski definition) is 2. The molecular formula is C15H11NO2. The molecule has 0 saturated carbocycles. The molecule has 3 heteroatoms. The molecule has 2 aromatic carbocycles. The summed E-state index contributed by atoms with van der Waals surface area (Å²) in [6, 6.07) is 15.2. The van der Waals surface area contributed by atoms with Gasteiger partial charge in [0.1, 0.15) is 0 Å². The summed E-state index contributed by atoms with van der Waals surface area (Å²) in [4.78, 5) is 14.3. The molecule has 0 amide bonds. The lowest BCUT2D eigenvalue weighted by Gasteiger charge is -2.05. The van der Waals surface area contributed by atoms with Crippen molar-refractivity contribution in [3.05, 3.63) is 60.3 Å². The van der Waals surface area contributed by atoms with Crippen LogP contribution in [0.2, 0.25) is 0 Å². The molecule has 3 aromatic rings. The minimum absolute atomic E-state index is 0.325. The third-order valence-corrected chi connectivity index (χ3v) is 3.04. The summed E-state index contributed by atoms with van der Waals surface area (Å²) in [5.74, 6) is -0.904. The van der Waals surface area contributed by atoms with Gasteiger partial charge in [-0.05, 0) is 17.7 Å². The molecular weight excluding hydrogens is 226 g/mol. The maximum absolute atomic E-state index is 11.1. The van der Waals surface area contributed by atoms with Crippen LogP contribution in [-0.2, 0) is 0 Å². The number of nitrogens with one attached hydrogen (secondary N) is 1. The Morgan fingerprint density at radius 2 is 1.78 bits per heavy atom. The van der Waals surface area contributed by atoms with Crippen molar-refractivity contribution in [3.63, 3.8) is 0 Å². The minimum atomic E-state index is -0.904. The molecule has 0 aliphatic carbocycles. The van der Waals surface area contributed by atoms with Gasteiger partial charge >= 0.3 is 5.97 Å². The second-order valence-electron chi connectivity index (χ2n) is 4.10. The smallest absolute Gasteiger partial charge is 0.336 e. The summed E-state index contributed by atoms with van der Waals surface area (Å²) in [6.45, 7) is 0. The highest BCUT2D eigenvalue weighted by molar-refractivity contribution is 6.07. The van der Waals surface area contributed by atoms with Crippen LogP contribution in [0.4, 0.5) is 0 Å². The zero-order chi connectivity index (χ0) is 12.5. The van der Waals surface area contributed by atoms with Crippen LogP contribution < -0.4 is 0 Å². The van der Waals surface area contributed by atoms with Gasteiger partial charge in [-0.25, -0.2) is 4.79 Å². The van der Waals surface area contributed by atoms with E-state index < -0.39 is 5.97 Å². The maximum atomic E-state index is 11.1. The number of fused-ring (bicyclic) bond motifs is 1. The number of hydrogen-bond acceptors (Lipinski definition) is 1. The van der Waals surface area contributed by atoms with Crippen molar-refractivity contribution in [2.75, 3.05) is 0 Å². The van der Waals surface area contributed by atoms with E-state index >= 15 is 0 Å². The zero-order valence-electron chi connectivity index (χ0n) is 9.55. The molecule has 0 bridgehead atoms. The first-order valence-electron chi connectivity index (χ1n) is 5.66. The van der Waals surface area contributed by atoms with Crippen LogP contribution in [0, 0.1) is 0 Å². The number of aromatic amines is 1. The fourth-order valence-electron chi connectivity index (χ4n) is 2.20. The normalized spacial score (nSPS) is 10.7. The minimum Gasteiger partial charge on any atom is -0.478 e. The van der Waals surface area contributed by atoms with Gasteiger partial charge in [0.2, 0.25) is 0 Å². The van der Waals surface area contributed by atoms with Crippen molar-refractivity contribution < 1.29 is 9.90 Å². The summed E-state index contributed by atoms with van der Waals surface area (Å²) >= 11 is 0. The zero-order valence-corrected chi connectivity index (χ0v) is 9.55. The molecule has 3 rings (SSSR count). The highest BCUT2D eigenvalue weighted by Crippen LogP contribution is 2.29. The molecule has 88 valence electrons. The van der Waals surface area contributed by atoms with E-state index in [0.29, 0.717) is 5.56 Å². The number of carboxylic acids is 1. The van der Waals surface area contributed by atoms with Crippen LogP contribution >= 0.6 is 0 Å². The first-order chi connectivity index (χ1) is 8.77. The van der Waals surface area contributed by atoms with Crippen LogP contribution in [0.15, 0.2) is 54.7 Å². The van der Waals surface area contributed by atoms with Crippen molar-refractivity contribution in [1.82, 2.24) is 4.98 Å². The van der Waals surface area contributed by atoms with E-state index in [4.69, 9.17) is 5.11 Å². The van der Waals surface area contributed by atoms with E-state index in [-0.39, 0.29) is 0 Å². The van der Waals surface area contributed by atoms with Gasteiger partial charge in [0.25, 0.3) is 0 Å². The highest BCUT2D eigenvalue weighted by Gasteiger charge is 2.12. The molecule has 0 radical (unpaired) electrons. The molecule has 18 heavy (non-hydrogen) atoms. The van der Waals surface area contributed by atoms with E-state index in [2.05, 4.69) is 4.98 Å². The first kappa shape index (κ1) is 10.6. The predicted octanol–water partition coefficient (Wildman–Crippen LogP) is 3.53. The lowest BCUT2D eigenvalue weighted by molar-refractivity contribution is 0.0699. The Balaban J connectivity index is 2.30. The van der Waals surface area contributed by atoms with Gasteiger partial charge in [-0.2, -0.15) is 0 Å². The van der Waals surface area contributed by atoms with E-state index in [0.717, 1.165) is 22.0 Å². The molecule has 0 aliphatic heterocycles. The fourth-order valence-corrected chi connectivity index (χ4v) is 2.20. The van der Waals surface area contributed by atoms with Gasteiger partial charge < -0.3 is 10.1 Å². The van der Waals surface area contributed by atoms with Gasteiger partial charge in [0.15, 0.2) is 0 Å². The van der Waals surface area contributed by atoms with Crippen LogP contribution in [-0.4, -0.2) is 16.1 Å². The first-order valence-corrected chi connectivity index (χ1v) is 5.66. The number of carboxylic acid groups (broad SMARTS) is 1. The number of benzene rings is 2. The van der Waals surface area contributed by atoms with Crippen molar-refractivity contribution in [3.8, 4) is 11.1 Å². The molecule has 0 atom stereocenters. The largest absolute Gasteiger partial charge is 0.478 e. The van der Waals surface area contributed by atoms with Crippen LogP contribution in [0.5, 0.6) is 0 Å². The molecule has 2 N–H and O–H groups in total. The van der Waals surface area contributed by atoms with Crippen LogP contribution in [0.25, 0.3) is 22.0 Å². The standard InChI is InChI=1S/C15H11NO2/c17-15(18)13-7-6-11(10-4-2-1-3-5-10)14-12(13)8-9-16-14/h1-9,16H,(H,17,18). The molecule has 0 aliphatic rings. The molecule has 3 nitrogen and oxygen atoms in total. The molecule has 1 aromatic heterocycles. The average Bonchev–Trinajstić information content (AvgIpc) is 2.87. The summed E-state index contributed by atoms with van der Waals surface area (Å²) in [7, 11) is 0. The second kappa shape index (κ2) is 4.04. The summed E-state index contributed by atoms with van der Waals surface area (Å²) < 4.78 is 0. The van der Waals surface area contributed by atoms with Gasteiger partial charge in [0.05, 0.1) is 11.1 Å². The number of rotatable bonds is 2. The average molecular weight is 237 g/mol. The van der Waals surface area contributed by atoms with Gasteiger partial charge in [-0.3, -0.25) is 0 Å². The highest BCUT2D eigenvalue weighted by atomic mass is 16.4. The Bertz CT molecular complexity index is 714. The van der Waals surface area contributed by atoms with Crippen LogP contribution in [0.3, 0.4) is 0 Å². The third kappa shape index (κ3) is 1.57. The Hall–Kier alpha value is -2.55. The van der Waals surface area contributed by atoms with E-state index in [1.54, 1.807) is 18.3 Å². The Labute approximate surface area is 104 Å². The fraction of sp³-hybridized carbons (Fsp3) is 0. The monoisotopic (exact) mass is 237 g/mol. The lowest BCUT2D eigenvalue weighted by atomic mass is 10.00. The maximum Gasteiger partial charge on any atom is 0.336 e. The van der Waals surface area contributed by atoms with Gasteiger partial charge in [-0.1, -0.05) is 36.4 Å². The Kier molecular flexibility index (Phi) is 2.38. The van der Waals surface area contributed by atoms with Crippen LogP contribution in [0.1, 0.15) is 10.4 Å². The third-order valence-electron chi connectivity index (χ3n) is 3.04. The summed E-state index contributed by atoms with van der Waals surface area (Å²) in [5, 5.41) is 9.89. The number of aromatic carboxylic acids is 1. The molecule has 0 fully saturated rings. The predicted molar refractivity (Wildman–Crippen MR) is 70.7 cm³/mol. The molecule has 1 heterocycles. The Morgan fingerprint density at radius 1 is 1.00 bits per heavy atom. The summed E-state index contributed by atoms with van der Waals surface area (Å²) in [5.41, 5.74) is 3.27. The number of carbonyl (C=O) groups is 1. The van der Waals surface area contributed by atoms with E-state index in [1.807, 2.05) is 36.4 Å². The van der Waals surface area contributed by atoms with Crippen molar-refractivity contribution in [2.45, 2.75) is 0 Å². The number of aromatic nitrogens is 1. The molecule has 0 spiro atoms.